The number of anilines is 3. The topological polar surface area (TPSA) is 183 Å². The van der Waals surface area contributed by atoms with E-state index < -0.39 is 35.3 Å². The van der Waals surface area contributed by atoms with Crippen molar-refractivity contribution < 1.29 is 29.1 Å². The second-order valence-corrected chi connectivity index (χ2v) is 13.3. The van der Waals surface area contributed by atoms with Crippen LogP contribution in [0.15, 0.2) is 73.1 Å². The van der Waals surface area contributed by atoms with E-state index in [0.29, 0.717) is 35.7 Å². The third kappa shape index (κ3) is 8.74. The number of amides is 4. The lowest BCUT2D eigenvalue weighted by Gasteiger charge is -2.38. The Hall–Kier alpha value is -5.67. The monoisotopic (exact) mass is 715 g/mol. The number of hydrogen-bond donors (Lipinski definition) is 3. The van der Waals surface area contributed by atoms with Gasteiger partial charge in [-0.25, -0.2) is 4.79 Å². The van der Waals surface area contributed by atoms with Crippen molar-refractivity contribution in [3.63, 3.8) is 0 Å². The van der Waals surface area contributed by atoms with Crippen molar-refractivity contribution in [1.82, 2.24) is 30.4 Å². The van der Waals surface area contributed by atoms with Gasteiger partial charge < -0.3 is 25.5 Å². The van der Waals surface area contributed by atoms with Gasteiger partial charge in [0.15, 0.2) is 0 Å². The molecule has 4 amide bonds. The molecule has 1 fully saturated rings. The average Bonchev–Trinajstić information content (AvgIpc) is 3.63. The van der Waals surface area contributed by atoms with E-state index in [2.05, 4.69) is 31.1 Å². The van der Waals surface area contributed by atoms with Crippen LogP contribution < -0.4 is 20.4 Å². The van der Waals surface area contributed by atoms with Crippen LogP contribution in [-0.2, 0) is 25.6 Å². The van der Waals surface area contributed by atoms with E-state index in [0.717, 1.165) is 13.1 Å². The Morgan fingerprint density at radius 2 is 1.69 bits per heavy atom. The van der Waals surface area contributed by atoms with Crippen molar-refractivity contribution in [2.24, 2.45) is 0 Å². The van der Waals surface area contributed by atoms with E-state index in [9.17, 15) is 29.1 Å². The van der Waals surface area contributed by atoms with Crippen molar-refractivity contribution >= 4 is 58.3 Å². The van der Waals surface area contributed by atoms with Crippen LogP contribution in [0.4, 0.5) is 17.1 Å². The number of benzene rings is 3. The summed E-state index contributed by atoms with van der Waals surface area (Å²) in [5.41, 5.74) is 1.46. The highest BCUT2D eigenvalue weighted by Gasteiger charge is 2.35. The molecule has 1 aliphatic rings. The Kier molecular flexibility index (Phi) is 11.1. The molecule has 51 heavy (non-hydrogen) atoms. The molecule has 5 rings (SSSR count). The van der Waals surface area contributed by atoms with Gasteiger partial charge in [0, 0.05) is 41.4 Å². The molecule has 15 nitrogen and oxygen atoms in total. The number of carbonyl (C=O) groups excluding carboxylic acids is 4. The Bertz CT molecular complexity index is 1910. The number of nitrogens with zero attached hydrogens (tertiary/aromatic N) is 7. The summed E-state index contributed by atoms with van der Waals surface area (Å²) in [6.07, 6.45) is 1.30. The fourth-order valence-corrected chi connectivity index (χ4v) is 5.92. The van der Waals surface area contributed by atoms with Crippen molar-refractivity contribution in [1.29, 1.82) is 0 Å². The first-order chi connectivity index (χ1) is 24.2. The van der Waals surface area contributed by atoms with Crippen LogP contribution in [0, 0.1) is 0 Å². The molecule has 3 aromatic carbocycles. The predicted molar refractivity (Wildman–Crippen MR) is 190 cm³/mol. The van der Waals surface area contributed by atoms with Gasteiger partial charge in [0.25, 0.3) is 0 Å². The molecular weight excluding hydrogens is 678 g/mol. The number of rotatable bonds is 10. The number of piperazine rings is 1. The Morgan fingerprint density at radius 3 is 2.27 bits per heavy atom. The summed E-state index contributed by atoms with van der Waals surface area (Å²) in [6.45, 7) is 9.80. The zero-order chi connectivity index (χ0) is 36.9. The van der Waals surface area contributed by atoms with Gasteiger partial charge in [-0.05, 0) is 97.9 Å². The molecule has 0 saturated carbocycles. The van der Waals surface area contributed by atoms with Crippen molar-refractivity contribution in [2.45, 2.75) is 45.7 Å². The van der Waals surface area contributed by atoms with Gasteiger partial charge in [0.2, 0.25) is 11.8 Å². The third-order valence-electron chi connectivity index (χ3n) is 8.31. The molecule has 3 N–H and O–H groups in total. The molecular formula is C35H38ClN9O6. The van der Waals surface area contributed by atoms with Crippen LogP contribution in [-0.4, -0.2) is 97.6 Å². The first kappa shape index (κ1) is 36.6. The number of nitrogens with one attached hydrogen (secondary N) is 2. The molecule has 0 bridgehead atoms. The molecule has 1 saturated heterocycles. The maximum absolute atomic E-state index is 14.5. The Balaban J connectivity index is 1.43. The van der Waals surface area contributed by atoms with Gasteiger partial charge in [0.05, 0.1) is 23.5 Å². The normalized spacial score (nSPS) is 14.1. The number of halogens is 1. The van der Waals surface area contributed by atoms with Crippen LogP contribution in [0.3, 0.4) is 0 Å². The highest BCUT2D eigenvalue weighted by atomic mass is 35.5. The fourth-order valence-electron chi connectivity index (χ4n) is 5.75. The number of carboxylic acids is 1. The maximum Gasteiger partial charge on any atom is 0.335 e. The maximum atomic E-state index is 14.5. The molecule has 2 heterocycles. The number of tetrazole rings is 1. The minimum atomic E-state index is -1.25. The lowest BCUT2D eigenvalue weighted by Crippen LogP contribution is -2.57. The number of hydrogen-bond acceptors (Lipinski definition) is 9. The molecule has 4 aromatic rings. The largest absolute Gasteiger partial charge is 0.478 e. The third-order valence-corrected chi connectivity index (χ3v) is 8.55. The minimum Gasteiger partial charge on any atom is -0.478 e. The number of aromatic nitrogens is 4. The summed E-state index contributed by atoms with van der Waals surface area (Å²) in [6, 6.07) is 16.2. The summed E-state index contributed by atoms with van der Waals surface area (Å²) < 4.78 is 1.29. The summed E-state index contributed by atoms with van der Waals surface area (Å²) in [5.74, 6) is -3.84. The summed E-state index contributed by atoms with van der Waals surface area (Å²) in [5, 5.41) is 25.9. The first-order valence-electron chi connectivity index (χ1n) is 16.2. The van der Waals surface area contributed by atoms with Gasteiger partial charge >= 0.3 is 17.8 Å². The molecule has 0 radical (unpaired) electrons. The molecule has 1 aromatic heterocycles. The second-order valence-electron chi connectivity index (χ2n) is 12.9. The van der Waals surface area contributed by atoms with Crippen molar-refractivity contribution in [3.8, 4) is 5.69 Å². The van der Waals surface area contributed by atoms with Gasteiger partial charge in [-0.15, -0.1) is 5.10 Å². The fraction of sp³-hybridized carbons (Fsp3) is 0.314. The van der Waals surface area contributed by atoms with Crippen LogP contribution in [0.25, 0.3) is 5.69 Å². The number of likely N-dealkylation sites (N-methyl/N-ethyl adjacent to an activating group) is 1. The molecule has 16 heteroatoms. The SMILES string of the molecule is CCN1CCN(c2ccc(CC(NC(=O)C(=O)Nc3cc(Cl)ccc3-n3cnnn3)C(=O)N(c3ccc(C(=O)O)cc3)C(C)(C)C)cc2)C(=O)C1. The highest BCUT2D eigenvalue weighted by Crippen LogP contribution is 2.27. The Labute approximate surface area is 299 Å². The average molecular weight is 716 g/mol. The summed E-state index contributed by atoms with van der Waals surface area (Å²) >= 11 is 6.18. The number of carbonyl (C=O) groups is 5. The number of aromatic carboxylic acids is 1. The zero-order valence-corrected chi connectivity index (χ0v) is 29.3. The first-order valence-corrected chi connectivity index (χ1v) is 16.6. The molecule has 1 atom stereocenters. The number of carboxylic acid groups (broad SMARTS) is 1. The lowest BCUT2D eigenvalue weighted by molar-refractivity contribution is -0.137. The molecule has 0 aliphatic carbocycles. The quantitative estimate of drug-likeness (QED) is 0.206. The predicted octanol–water partition coefficient (Wildman–Crippen LogP) is 3.18. The highest BCUT2D eigenvalue weighted by molar-refractivity contribution is 6.40. The second kappa shape index (κ2) is 15.5. The van der Waals surface area contributed by atoms with E-state index in [1.807, 2.05) is 6.92 Å². The van der Waals surface area contributed by atoms with E-state index in [1.165, 1.54) is 46.2 Å². The summed E-state index contributed by atoms with van der Waals surface area (Å²) in [4.78, 5) is 70.9. The minimum absolute atomic E-state index is 0.0114. The van der Waals surface area contributed by atoms with Crippen LogP contribution in [0.2, 0.25) is 5.02 Å². The molecule has 266 valence electrons. The lowest BCUT2D eigenvalue weighted by atomic mass is 9.98. The standard InChI is InChI=1S/C35H38ClN9O6/c1-5-42-16-17-43(30(46)20-42)25-11-6-22(7-12-25)18-28(33(49)45(35(2,3)4)26-13-8-23(9-14-26)34(50)51)39-32(48)31(47)38-27-19-24(36)10-15-29(27)44-21-37-40-41-44/h6-15,19,21,28H,5,16-18,20H2,1-4H3,(H,38,47)(H,39,48)(H,50,51). The van der Waals surface area contributed by atoms with Crippen LogP contribution in [0.5, 0.6) is 0 Å². The van der Waals surface area contributed by atoms with Gasteiger partial charge in [-0.3, -0.25) is 24.1 Å². The molecule has 1 unspecified atom stereocenters. The van der Waals surface area contributed by atoms with Crippen LogP contribution >= 0.6 is 11.6 Å². The van der Waals surface area contributed by atoms with Crippen LogP contribution in [0.1, 0.15) is 43.6 Å². The van der Waals surface area contributed by atoms with Gasteiger partial charge in [0.1, 0.15) is 12.4 Å². The molecule has 0 spiro atoms. The van der Waals surface area contributed by atoms with E-state index in [1.54, 1.807) is 62.1 Å². The smallest absolute Gasteiger partial charge is 0.335 e. The van der Waals surface area contributed by atoms with Crippen molar-refractivity contribution in [2.75, 3.05) is 41.3 Å². The molecule has 1 aliphatic heterocycles. The van der Waals surface area contributed by atoms with Crippen molar-refractivity contribution in [3.05, 3.63) is 89.2 Å². The van der Waals surface area contributed by atoms with Gasteiger partial charge in [-0.1, -0.05) is 30.7 Å². The van der Waals surface area contributed by atoms with E-state index >= 15 is 0 Å². The Morgan fingerprint density at radius 1 is 0.980 bits per heavy atom. The van der Waals surface area contributed by atoms with E-state index in [4.69, 9.17) is 11.6 Å². The van der Waals surface area contributed by atoms with Gasteiger partial charge in [-0.2, -0.15) is 4.68 Å². The summed E-state index contributed by atoms with van der Waals surface area (Å²) in [7, 11) is 0. The van der Waals surface area contributed by atoms with E-state index in [-0.39, 0.29) is 28.6 Å². The zero-order valence-electron chi connectivity index (χ0n) is 28.5.